The van der Waals surface area contributed by atoms with Crippen molar-refractivity contribution < 1.29 is 14.7 Å². The minimum absolute atomic E-state index is 0.0301. The van der Waals surface area contributed by atoms with Crippen molar-refractivity contribution in [1.82, 2.24) is 15.4 Å². The molecule has 3 aromatic rings. The maximum Gasteiger partial charge on any atom is 0.286 e. The van der Waals surface area contributed by atoms with Crippen molar-refractivity contribution in [2.24, 2.45) is 0 Å². The average molecular weight is 370 g/mol. The Morgan fingerprint density at radius 3 is 2.46 bits per heavy atom. The number of carbonyl (C=O) groups excluding carboxylic acids is 2. The zero-order valence-electron chi connectivity index (χ0n) is 13.6. The number of benzene rings is 2. The molecule has 0 radical (unpaired) electrons. The first-order valence-electron chi connectivity index (χ1n) is 7.83. The number of hydrazine groups is 1. The van der Waals surface area contributed by atoms with Gasteiger partial charge in [0.25, 0.3) is 11.8 Å². The summed E-state index contributed by atoms with van der Waals surface area (Å²) in [7, 11) is 0. The van der Waals surface area contributed by atoms with Crippen molar-refractivity contribution in [3.8, 4) is 5.75 Å². The monoisotopic (exact) mass is 369 g/mol. The molecule has 1 aromatic heterocycles. The smallest absolute Gasteiger partial charge is 0.286 e. The summed E-state index contributed by atoms with van der Waals surface area (Å²) in [6.45, 7) is 0.527. The number of rotatable bonds is 4. The van der Waals surface area contributed by atoms with E-state index in [0.717, 1.165) is 5.56 Å². The van der Waals surface area contributed by atoms with Gasteiger partial charge in [-0.2, -0.15) is 0 Å². The maximum atomic E-state index is 12.4. The second-order valence-electron chi connectivity index (χ2n) is 5.58. The maximum absolute atomic E-state index is 12.4. The van der Waals surface area contributed by atoms with Crippen LogP contribution < -0.4 is 10.9 Å². The van der Waals surface area contributed by atoms with E-state index in [1.165, 1.54) is 18.2 Å². The van der Waals surface area contributed by atoms with Gasteiger partial charge < -0.3 is 9.67 Å². The number of hydrogen-bond donors (Lipinski definition) is 3. The van der Waals surface area contributed by atoms with Gasteiger partial charge in [-0.05, 0) is 35.9 Å². The van der Waals surface area contributed by atoms with Crippen molar-refractivity contribution in [2.75, 3.05) is 0 Å². The van der Waals surface area contributed by atoms with Crippen LogP contribution in [-0.4, -0.2) is 21.5 Å². The lowest BCUT2D eigenvalue weighted by Gasteiger charge is -2.11. The van der Waals surface area contributed by atoms with Crippen LogP contribution in [0.4, 0.5) is 0 Å². The minimum atomic E-state index is -0.667. The summed E-state index contributed by atoms with van der Waals surface area (Å²) in [5.41, 5.74) is 6.03. The van der Waals surface area contributed by atoms with E-state index in [1.807, 2.05) is 30.3 Å². The molecule has 2 amide bonds. The van der Waals surface area contributed by atoms with Crippen LogP contribution in [0, 0.1) is 0 Å². The number of hydrogen-bond acceptors (Lipinski definition) is 3. The highest BCUT2D eigenvalue weighted by Gasteiger charge is 2.15. The molecule has 6 nitrogen and oxygen atoms in total. The zero-order valence-corrected chi connectivity index (χ0v) is 14.4. The third-order valence-corrected chi connectivity index (χ3v) is 3.99. The van der Waals surface area contributed by atoms with E-state index in [4.69, 9.17) is 11.6 Å². The highest BCUT2D eigenvalue weighted by molar-refractivity contribution is 6.31. The normalized spacial score (nSPS) is 10.3. The van der Waals surface area contributed by atoms with Crippen LogP contribution in [0.15, 0.2) is 66.9 Å². The van der Waals surface area contributed by atoms with Crippen LogP contribution in [0.25, 0.3) is 0 Å². The second-order valence-corrected chi connectivity index (χ2v) is 6.01. The molecule has 0 bridgehead atoms. The lowest BCUT2D eigenvalue weighted by Crippen LogP contribution is -2.42. The number of amides is 2. The predicted molar refractivity (Wildman–Crippen MR) is 98.0 cm³/mol. The van der Waals surface area contributed by atoms with E-state index < -0.39 is 11.8 Å². The Bertz CT molecular complexity index is 938. The molecule has 0 fully saturated rings. The van der Waals surface area contributed by atoms with Gasteiger partial charge in [-0.1, -0.05) is 41.9 Å². The lowest BCUT2D eigenvalue weighted by atomic mass is 10.2. The SMILES string of the molecule is O=C(NNC(=O)c1cccn1Cc1ccccc1)c1cc(Cl)ccc1O. The third kappa shape index (κ3) is 4.04. The number of nitrogens with zero attached hydrogens (tertiary/aromatic N) is 1. The third-order valence-electron chi connectivity index (χ3n) is 3.75. The van der Waals surface area contributed by atoms with Gasteiger partial charge in [-0.25, -0.2) is 0 Å². The summed E-state index contributed by atoms with van der Waals surface area (Å²) in [4.78, 5) is 24.5. The van der Waals surface area contributed by atoms with Gasteiger partial charge in [-0.15, -0.1) is 0 Å². The Kier molecular flexibility index (Phi) is 5.24. The summed E-state index contributed by atoms with van der Waals surface area (Å²) in [6, 6.07) is 17.2. The molecule has 3 N–H and O–H groups in total. The summed E-state index contributed by atoms with van der Waals surface area (Å²) < 4.78 is 1.77. The second kappa shape index (κ2) is 7.76. The molecular formula is C19H16ClN3O3. The van der Waals surface area contributed by atoms with E-state index in [1.54, 1.807) is 22.9 Å². The van der Waals surface area contributed by atoms with Gasteiger partial charge in [0, 0.05) is 17.8 Å². The minimum Gasteiger partial charge on any atom is -0.507 e. The molecule has 0 aliphatic rings. The molecule has 0 saturated carbocycles. The van der Waals surface area contributed by atoms with Crippen molar-refractivity contribution in [3.05, 3.63) is 88.7 Å². The van der Waals surface area contributed by atoms with E-state index in [9.17, 15) is 14.7 Å². The number of carbonyl (C=O) groups is 2. The lowest BCUT2D eigenvalue weighted by molar-refractivity contribution is 0.0840. The molecule has 0 atom stereocenters. The van der Waals surface area contributed by atoms with E-state index in [2.05, 4.69) is 10.9 Å². The topological polar surface area (TPSA) is 83.4 Å². The Balaban J connectivity index is 1.67. The van der Waals surface area contributed by atoms with Crippen molar-refractivity contribution in [1.29, 1.82) is 0 Å². The average Bonchev–Trinajstić information content (AvgIpc) is 3.10. The van der Waals surface area contributed by atoms with E-state index >= 15 is 0 Å². The fourth-order valence-electron chi connectivity index (χ4n) is 2.47. The Labute approximate surface area is 155 Å². The number of halogens is 1. The first kappa shape index (κ1) is 17.6. The number of phenolic OH excluding ortho intramolecular Hbond substituents is 1. The molecule has 0 spiro atoms. The predicted octanol–water partition coefficient (Wildman–Crippen LogP) is 2.97. The Morgan fingerprint density at radius 2 is 1.69 bits per heavy atom. The fraction of sp³-hybridized carbons (Fsp3) is 0.0526. The molecule has 3 rings (SSSR count). The molecule has 2 aromatic carbocycles. The molecule has 0 saturated heterocycles. The zero-order chi connectivity index (χ0) is 18.5. The van der Waals surface area contributed by atoms with Gasteiger partial charge in [0.15, 0.2) is 0 Å². The fourth-order valence-corrected chi connectivity index (χ4v) is 2.65. The van der Waals surface area contributed by atoms with Crippen LogP contribution in [0.3, 0.4) is 0 Å². The standard InChI is InChI=1S/C19H16ClN3O3/c20-14-8-9-17(24)15(11-14)18(25)21-22-19(26)16-7-4-10-23(16)12-13-5-2-1-3-6-13/h1-11,24H,12H2,(H,21,25)(H,22,26). The first-order chi connectivity index (χ1) is 12.5. The molecule has 0 aliphatic carbocycles. The molecule has 7 heteroatoms. The molecule has 0 aliphatic heterocycles. The van der Waals surface area contributed by atoms with Crippen molar-refractivity contribution in [3.63, 3.8) is 0 Å². The molecule has 1 heterocycles. The van der Waals surface area contributed by atoms with Crippen molar-refractivity contribution >= 4 is 23.4 Å². The Hall–Kier alpha value is -3.25. The summed E-state index contributed by atoms with van der Waals surface area (Å²) >= 11 is 5.82. The van der Waals surface area contributed by atoms with E-state index in [-0.39, 0.29) is 11.3 Å². The molecule has 26 heavy (non-hydrogen) atoms. The van der Waals surface area contributed by atoms with Gasteiger partial charge in [0.1, 0.15) is 11.4 Å². The van der Waals surface area contributed by atoms with Crippen LogP contribution in [0.5, 0.6) is 5.75 Å². The highest BCUT2D eigenvalue weighted by atomic mass is 35.5. The number of phenols is 1. The van der Waals surface area contributed by atoms with Crippen LogP contribution in [0.2, 0.25) is 5.02 Å². The number of aromatic hydroxyl groups is 1. The molecular weight excluding hydrogens is 354 g/mol. The van der Waals surface area contributed by atoms with Gasteiger partial charge in [0.2, 0.25) is 0 Å². The van der Waals surface area contributed by atoms with E-state index in [0.29, 0.717) is 17.3 Å². The summed E-state index contributed by atoms with van der Waals surface area (Å²) in [5, 5.41) is 10.0. The first-order valence-corrected chi connectivity index (χ1v) is 8.20. The van der Waals surface area contributed by atoms with Crippen LogP contribution in [-0.2, 0) is 6.54 Å². The van der Waals surface area contributed by atoms with Gasteiger partial charge in [-0.3, -0.25) is 20.4 Å². The quantitative estimate of drug-likeness (QED) is 0.618. The van der Waals surface area contributed by atoms with Crippen LogP contribution in [0.1, 0.15) is 26.4 Å². The number of aromatic nitrogens is 1. The van der Waals surface area contributed by atoms with Crippen molar-refractivity contribution in [2.45, 2.75) is 6.54 Å². The van der Waals surface area contributed by atoms with Crippen LogP contribution >= 0.6 is 11.6 Å². The largest absolute Gasteiger partial charge is 0.507 e. The van der Waals surface area contributed by atoms with Gasteiger partial charge in [0.05, 0.1) is 5.56 Å². The molecule has 0 unspecified atom stereocenters. The number of nitrogens with one attached hydrogen (secondary N) is 2. The Morgan fingerprint density at radius 1 is 0.962 bits per heavy atom. The summed E-state index contributed by atoms with van der Waals surface area (Å²) in [6.07, 6.45) is 1.78. The van der Waals surface area contributed by atoms with Gasteiger partial charge >= 0.3 is 0 Å². The molecule has 132 valence electrons. The highest BCUT2D eigenvalue weighted by Crippen LogP contribution is 2.21. The summed E-state index contributed by atoms with van der Waals surface area (Å²) in [5.74, 6) is -1.37.